The number of benzene rings is 1. The maximum atomic E-state index is 10.9. The molecule has 0 aliphatic heterocycles. The van der Waals surface area contributed by atoms with Gasteiger partial charge in [0.15, 0.2) is 0 Å². The van der Waals surface area contributed by atoms with E-state index in [-0.39, 0.29) is 23.2 Å². The lowest BCUT2D eigenvalue weighted by molar-refractivity contribution is -0.385. The van der Waals surface area contributed by atoms with E-state index in [0.29, 0.717) is 0 Å². The van der Waals surface area contributed by atoms with Crippen LogP contribution in [0.4, 0.5) is 5.69 Å². The van der Waals surface area contributed by atoms with E-state index in [1.165, 1.54) is 30.4 Å². The first-order valence-corrected chi connectivity index (χ1v) is 4.89. The van der Waals surface area contributed by atoms with Crippen molar-refractivity contribution >= 4 is 23.6 Å². The molecule has 0 fully saturated rings. The van der Waals surface area contributed by atoms with E-state index in [9.17, 15) is 19.7 Å². The second-order valence-corrected chi connectivity index (χ2v) is 3.37. The van der Waals surface area contributed by atoms with E-state index in [0.717, 1.165) is 0 Å². The molecule has 0 aliphatic rings. The van der Waals surface area contributed by atoms with E-state index in [2.05, 4.69) is 0 Å². The molecule has 0 radical (unpaired) electrons. The number of amides is 1. The fourth-order valence-corrected chi connectivity index (χ4v) is 1.37. The summed E-state index contributed by atoms with van der Waals surface area (Å²) in [6.45, 7) is 0. The van der Waals surface area contributed by atoms with Crippen LogP contribution in [0.15, 0.2) is 24.3 Å². The van der Waals surface area contributed by atoms with Gasteiger partial charge in [-0.3, -0.25) is 14.9 Å². The van der Waals surface area contributed by atoms with Crippen molar-refractivity contribution < 1.29 is 19.6 Å². The Morgan fingerprint density at radius 1 is 1.44 bits per heavy atom. The maximum absolute atomic E-state index is 10.9. The standard InChI is InChI=1S/C11H10N2O5/c12-10(14)6-2-3-7-8(11(15)16)4-1-5-9(7)13(17)18/h1-5H,6H2,(H2,12,14)(H,15,16). The van der Waals surface area contributed by atoms with Crippen LogP contribution < -0.4 is 5.73 Å². The molecule has 3 N–H and O–H groups in total. The Morgan fingerprint density at radius 2 is 2.11 bits per heavy atom. The minimum Gasteiger partial charge on any atom is -0.478 e. The van der Waals surface area contributed by atoms with Crippen LogP contribution in [0, 0.1) is 10.1 Å². The molecule has 94 valence electrons. The number of carboxylic acids is 1. The molecular formula is C11H10N2O5. The van der Waals surface area contributed by atoms with Gasteiger partial charge in [0, 0.05) is 12.5 Å². The van der Waals surface area contributed by atoms with Crippen LogP contribution in [0.1, 0.15) is 22.3 Å². The number of aromatic carboxylic acids is 1. The minimum absolute atomic E-state index is 0.0590. The molecule has 0 saturated carbocycles. The van der Waals surface area contributed by atoms with Crippen LogP contribution >= 0.6 is 0 Å². The summed E-state index contributed by atoms with van der Waals surface area (Å²) in [4.78, 5) is 31.6. The average Bonchev–Trinajstić information content (AvgIpc) is 2.28. The third-order valence-corrected chi connectivity index (χ3v) is 2.11. The highest BCUT2D eigenvalue weighted by Gasteiger charge is 2.18. The first-order chi connectivity index (χ1) is 8.43. The molecule has 18 heavy (non-hydrogen) atoms. The lowest BCUT2D eigenvalue weighted by Crippen LogP contribution is -2.08. The van der Waals surface area contributed by atoms with E-state index in [1.807, 2.05) is 0 Å². The van der Waals surface area contributed by atoms with Crippen molar-refractivity contribution in [3.05, 3.63) is 45.5 Å². The molecule has 1 rings (SSSR count). The SMILES string of the molecule is NC(=O)CC=Cc1c(C(=O)O)cccc1[N+](=O)[O-]. The van der Waals surface area contributed by atoms with Crippen molar-refractivity contribution in [2.24, 2.45) is 5.73 Å². The van der Waals surface area contributed by atoms with E-state index in [1.54, 1.807) is 0 Å². The molecule has 1 aromatic rings. The van der Waals surface area contributed by atoms with Crippen LogP contribution in [-0.4, -0.2) is 21.9 Å². The molecule has 0 aliphatic carbocycles. The first-order valence-electron chi connectivity index (χ1n) is 4.89. The van der Waals surface area contributed by atoms with Gasteiger partial charge >= 0.3 is 5.97 Å². The number of hydrogen-bond donors (Lipinski definition) is 2. The number of nitro benzene ring substituents is 1. The van der Waals surface area contributed by atoms with Gasteiger partial charge in [0.1, 0.15) is 0 Å². The smallest absolute Gasteiger partial charge is 0.336 e. The molecule has 0 atom stereocenters. The van der Waals surface area contributed by atoms with Gasteiger partial charge in [0.25, 0.3) is 5.69 Å². The van der Waals surface area contributed by atoms with Crippen LogP contribution in [0.3, 0.4) is 0 Å². The normalized spacial score (nSPS) is 10.4. The predicted molar refractivity (Wildman–Crippen MR) is 62.9 cm³/mol. The van der Waals surface area contributed by atoms with Crippen LogP contribution in [0.2, 0.25) is 0 Å². The van der Waals surface area contributed by atoms with Gasteiger partial charge in [-0.15, -0.1) is 0 Å². The fourth-order valence-electron chi connectivity index (χ4n) is 1.37. The Kier molecular flexibility index (Phi) is 4.14. The number of carbonyl (C=O) groups excluding carboxylic acids is 1. The van der Waals surface area contributed by atoms with Gasteiger partial charge in [0.2, 0.25) is 5.91 Å². The van der Waals surface area contributed by atoms with Gasteiger partial charge in [-0.2, -0.15) is 0 Å². The average molecular weight is 250 g/mol. The lowest BCUT2D eigenvalue weighted by atomic mass is 10.0. The summed E-state index contributed by atoms with van der Waals surface area (Å²) in [5, 5.41) is 19.7. The molecule has 0 bridgehead atoms. The number of carboxylic acid groups (broad SMARTS) is 1. The number of nitro groups is 1. The van der Waals surface area contributed by atoms with Crippen LogP contribution in [0.25, 0.3) is 6.08 Å². The van der Waals surface area contributed by atoms with Crippen LogP contribution in [0.5, 0.6) is 0 Å². The summed E-state index contributed by atoms with van der Waals surface area (Å²) in [6, 6.07) is 3.72. The summed E-state index contributed by atoms with van der Waals surface area (Å²) < 4.78 is 0. The number of carbonyl (C=O) groups is 2. The van der Waals surface area contributed by atoms with Crippen molar-refractivity contribution in [3.63, 3.8) is 0 Å². The van der Waals surface area contributed by atoms with E-state index in [4.69, 9.17) is 10.8 Å². The number of nitrogens with two attached hydrogens (primary N) is 1. The third-order valence-electron chi connectivity index (χ3n) is 2.11. The minimum atomic E-state index is -1.28. The van der Waals surface area contributed by atoms with Crippen molar-refractivity contribution in [2.75, 3.05) is 0 Å². The molecule has 0 spiro atoms. The zero-order chi connectivity index (χ0) is 13.7. The molecule has 0 aromatic heterocycles. The van der Waals surface area contributed by atoms with Gasteiger partial charge in [-0.05, 0) is 6.07 Å². The van der Waals surface area contributed by atoms with E-state index < -0.39 is 16.8 Å². The van der Waals surface area contributed by atoms with Gasteiger partial charge in [0.05, 0.1) is 16.1 Å². The fraction of sp³-hybridized carbons (Fsp3) is 0.0909. The molecule has 7 nitrogen and oxygen atoms in total. The molecular weight excluding hydrogens is 240 g/mol. The summed E-state index contributed by atoms with van der Waals surface area (Å²) in [7, 11) is 0. The summed E-state index contributed by atoms with van der Waals surface area (Å²) in [5.74, 6) is -1.89. The third kappa shape index (κ3) is 3.14. The first kappa shape index (κ1) is 13.4. The maximum Gasteiger partial charge on any atom is 0.336 e. The highest BCUT2D eigenvalue weighted by atomic mass is 16.6. The summed E-state index contributed by atoms with van der Waals surface area (Å²) in [5.41, 5.74) is 4.31. The Hall–Kier alpha value is -2.70. The van der Waals surface area contributed by atoms with Gasteiger partial charge in [-0.1, -0.05) is 18.2 Å². The quantitative estimate of drug-likeness (QED) is 0.599. The van der Waals surface area contributed by atoms with Crippen molar-refractivity contribution in [1.82, 2.24) is 0 Å². The monoisotopic (exact) mass is 250 g/mol. The molecule has 7 heteroatoms. The lowest BCUT2D eigenvalue weighted by Gasteiger charge is -2.02. The highest BCUT2D eigenvalue weighted by Crippen LogP contribution is 2.24. The largest absolute Gasteiger partial charge is 0.478 e. The Balaban J connectivity index is 3.27. The van der Waals surface area contributed by atoms with Crippen molar-refractivity contribution in [1.29, 1.82) is 0 Å². The second-order valence-electron chi connectivity index (χ2n) is 3.37. The zero-order valence-electron chi connectivity index (χ0n) is 9.20. The highest BCUT2D eigenvalue weighted by molar-refractivity contribution is 5.94. The Bertz CT molecular complexity index is 504. The van der Waals surface area contributed by atoms with Gasteiger partial charge < -0.3 is 10.8 Å². The molecule has 1 aromatic carbocycles. The van der Waals surface area contributed by atoms with Crippen LogP contribution in [-0.2, 0) is 4.79 Å². The topological polar surface area (TPSA) is 124 Å². The second kappa shape index (κ2) is 5.58. The zero-order valence-corrected chi connectivity index (χ0v) is 9.20. The number of rotatable bonds is 5. The number of primary amides is 1. The number of hydrogen-bond acceptors (Lipinski definition) is 4. The Labute approximate surface area is 102 Å². The molecule has 0 saturated heterocycles. The predicted octanol–water partition coefficient (Wildman–Crippen LogP) is 1.18. The molecule has 1 amide bonds. The van der Waals surface area contributed by atoms with E-state index >= 15 is 0 Å². The van der Waals surface area contributed by atoms with Crippen molar-refractivity contribution in [3.8, 4) is 0 Å². The number of nitrogens with zero attached hydrogens (tertiary/aromatic N) is 1. The Morgan fingerprint density at radius 3 is 2.61 bits per heavy atom. The molecule has 0 heterocycles. The summed E-state index contributed by atoms with van der Waals surface area (Å²) >= 11 is 0. The summed E-state index contributed by atoms with van der Waals surface area (Å²) in [6.07, 6.45) is 2.38. The molecule has 0 unspecified atom stereocenters. The van der Waals surface area contributed by atoms with Gasteiger partial charge in [-0.25, -0.2) is 4.79 Å². The van der Waals surface area contributed by atoms with Crippen molar-refractivity contribution in [2.45, 2.75) is 6.42 Å².